The van der Waals surface area contributed by atoms with Crippen LogP contribution in [0.15, 0.2) is 42.5 Å². The summed E-state index contributed by atoms with van der Waals surface area (Å²) >= 11 is 0. The number of carbonyl (C=O) groups is 1. The first-order valence-electron chi connectivity index (χ1n) is 6.77. The second-order valence-corrected chi connectivity index (χ2v) is 4.95. The van der Waals surface area contributed by atoms with Crippen molar-refractivity contribution in [3.63, 3.8) is 0 Å². The first-order valence-corrected chi connectivity index (χ1v) is 6.77. The molecule has 0 bridgehead atoms. The Labute approximate surface area is 129 Å². The Bertz CT molecular complexity index is 726. The molecule has 7 heteroatoms. The molecule has 0 aromatic heterocycles. The van der Waals surface area contributed by atoms with Gasteiger partial charge in [0.2, 0.25) is 6.79 Å². The summed E-state index contributed by atoms with van der Waals surface area (Å²) in [7, 11) is 0. The van der Waals surface area contributed by atoms with Crippen molar-refractivity contribution in [2.24, 2.45) is 0 Å². The molecule has 0 spiro atoms. The SMILES string of the molecule is O=C(NCc1ccc(C(F)(F)F)cc1)c1ccc2c(c1)OCO2. The summed E-state index contributed by atoms with van der Waals surface area (Å²) in [4.78, 5) is 12.1. The van der Waals surface area contributed by atoms with Gasteiger partial charge in [0.25, 0.3) is 5.91 Å². The monoisotopic (exact) mass is 323 g/mol. The zero-order valence-corrected chi connectivity index (χ0v) is 11.8. The van der Waals surface area contributed by atoms with Crippen molar-refractivity contribution in [3.8, 4) is 11.5 Å². The van der Waals surface area contributed by atoms with Crippen molar-refractivity contribution in [2.75, 3.05) is 6.79 Å². The molecule has 120 valence electrons. The van der Waals surface area contributed by atoms with Crippen molar-refractivity contribution < 1.29 is 27.4 Å². The van der Waals surface area contributed by atoms with Crippen LogP contribution in [0.1, 0.15) is 21.5 Å². The Morgan fingerprint density at radius 3 is 2.43 bits per heavy atom. The summed E-state index contributed by atoms with van der Waals surface area (Å²) in [6.45, 7) is 0.247. The van der Waals surface area contributed by atoms with Gasteiger partial charge in [-0.3, -0.25) is 4.79 Å². The number of hydrogen-bond donors (Lipinski definition) is 1. The van der Waals surface area contributed by atoms with Crippen molar-refractivity contribution >= 4 is 5.91 Å². The van der Waals surface area contributed by atoms with Gasteiger partial charge in [0.05, 0.1) is 5.56 Å². The van der Waals surface area contributed by atoms with Gasteiger partial charge in [-0.15, -0.1) is 0 Å². The number of hydrogen-bond acceptors (Lipinski definition) is 3. The van der Waals surface area contributed by atoms with Crippen LogP contribution in [0.4, 0.5) is 13.2 Å². The third-order valence-electron chi connectivity index (χ3n) is 3.37. The van der Waals surface area contributed by atoms with Crippen molar-refractivity contribution in [3.05, 3.63) is 59.2 Å². The van der Waals surface area contributed by atoms with Gasteiger partial charge >= 0.3 is 6.18 Å². The number of carbonyl (C=O) groups excluding carboxylic acids is 1. The Balaban J connectivity index is 1.63. The van der Waals surface area contributed by atoms with Crippen molar-refractivity contribution in [1.29, 1.82) is 0 Å². The van der Waals surface area contributed by atoms with E-state index < -0.39 is 11.7 Å². The molecule has 0 unspecified atom stereocenters. The molecule has 4 nitrogen and oxygen atoms in total. The molecule has 1 aliphatic heterocycles. The van der Waals surface area contributed by atoms with Crippen LogP contribution in [0.5, 0.6) is 11.5 Å². The molecule has 0 fully saturated rings. The minimum Gasteiger partial charge on any atom is -0.454 e. The third-order valence-corrected chi connectivity index (χ3v) is 3.37. The molecule has 1 heterocycles. The number of alkyl halides is 3. The zero-order valence-electron chi connectivity index (χ0n) is 11.8. The second-order valence-electron chi connectivity index (χ2n) is 4.95. The fourth-order valence-corrected chi connectivity index (χ4v) is 2.13. The molecule has 0 aliphatic carbocycles. The molecule has 23 heavy (non-hydrogen) atoms. The lowest BCUT2D eigenvalue weighted by Crippen LogP contribution is -2.22. The number of benzene rings is 2. The standard InChI is InChI=1S/C16H12F3NO3/c17-16(18,19)12-4-1-10(2-5-12)8-20-15(21)11-3-6-13-14(7-11)23-9-22-13/h1-7H,8-9H2,(H,20,21). The number of fused-ring (bicyclic) bond motifs is 1. The van der Waals surface area contributed by atoms with Crippen LogP contribution in [0.2, 0.25) is 0 Å². The van der Waals surface area contributed by atoms with Crippen LogP contribution in [-0.2, 0) is 12.7 Å². The fourth-order valence-electron chi connectivity index (χ4n) is 2.13. The van der Waals surface area contributed by atoms with Crippen LogP contribution >= 0.6 is 0 Å². The normalized spacial score (nSPS) is 13.0. The summed E-state index contributed by atoms with van der Waals surface area (Å²) in [6, 6.07) is 9.44. The van der Waals surface area contributed by atoms with Gasteiger partial charge in [0.1, 0.15) is 0 Å². The molecule has 2 aromatic carbocycles. The molecule has 0 saturated carbocycles. The Morgan fingerprint density at radius 2 is 1.74 bits per heavy atom. The first-order chi connectivity index (χ1) is 10.9. The number of amides is 1. The lowest BCUT2D eigenvalue weighted by atomic mass is 10.1. The highest BCUT2D eigenvalue weighted by Gasteiger charge is 2.29. The molecule has 1 aliphatic rings. The molecule has 0 radical (unpaired) electrons. The van der Waals surface area contributed by atoms with Crippen LogP contribution in [0.3, 0.4) is 0 Å². The van der Waals surface area contributed by atoms with Crippen LogP contribution < -0.4 is 14.8 Å². The Kier molecular flexibility index (Phi) is 3.85. The average molecular weight is 323 g/mol. The minimum atomic E-state index is -4.37. The fraction of sp³-hybridized carbons (Fsp3) is 0.188. The van der Waals surface area contributed by atoms with Gasteiger partial charge in [-0.2, -0.15) is 13.2 Å². The smallest absolute Gasteiger partial charge is 0.416 e. The van der Waals surface area contributed by atoms with Gasteiger partial charge < -0.3 is 14.8 Å². The first kappa shape index (κ1) is 15.2. The van der Waals surface area contributed by atoms with Crippen LogP contribution in [-0.4, -0.2) is 12.7 Å². The number of halogens is 3. The second kappa shape index (κ2) is 5.83. The molecule has 0 atom stereocenters. The molecular weight excluding hydrogens is 311 g/mol. The van der Waals surface area contributed by atoms with E-state index in [9.17, 15) is 18.0 Å². The predicted octanol–water partition coefficient (Wildman–Crippen LogP) is 3.36. The minimum absolute atomic E-state index is 0.117. The highest BCUT2D eigenvalue weighted by Crippen LogP contribution is 2.32. The average Bonchev–Trinajstić information content (AvgIpc) is 2.99. The molecule has 2 aromatic rings. The molecule has 0 saturated heterocycles. The maximum atomic E-state index is 12.5. The van der Waals surface area contributed by atoms with E-state index in [-0.39, 0.29) is 19.2 Å². The predicted molar refractivity (Wildman–Crippen MR) is 75.2 cm³/mol. The summed E-state index contributed by atoms with van der Waals surface area (Å²) in [5, 5.41) is 2.65. The van der Waals surface area contributed by atoms with Gasteiger partial charge in [-0.25, -0.2) is 0 Å². The quantitative estimate of drug-likeness (QED) is 0.942. The van der Waals surface area contributed by atoms with Gasteiger partial charge in [-0.1, -0.05) is 12.1 Å². The number of nitrogens with one attached hydrogen (secondary N) is 1. The summed E-state index contributed by atoms with van der Waals surface area (Å²) < 4.78 is 47.8. The van der Waals surface area contributed by atoms with Crippen LogP contribution in [0.25, 0.3) is 0 Å². The topological polar surface area (TPSA) is 47.6 Å². The maximum absolute atomic E-state index is 12.5. The zero-order chi connectivity index (χ0) is 16.4. The summed E-state index contributed by atoms with van der Waals surface area (Å²) in [5.74, 6) is 0.722. The van der Waals surface area contributed by atoms with Crippen molar-refractivity contribution in [2.45, 2.75) is 12.7 Å². The van der Waals surface area contributed by atoms with E-state index in [1.807, 2.05) is 0 Å². The van der Waals surface area contributed by atoms with E-state index in [0.717, 1.165) is 12.1 Å². The number of rotatable bonds is 3. The van der Waals surface area contributed by atoms with E-state index in [0.29, 0.717) is 22.6 Å². The van der Waals surface area contributed by atoms with E-state index >= 15 is 0 Å². The summed E-state index contributed by atoms with van der Waals surface area (Å²) in [6.07, 6.45) is -4.37. The van der Waals surface area contributed by atoms with Crippen molar-refractivity contribution in [1.82, 2.24) is 5.32 Å². The Morgan fingerprint density at radius 1 is 1.04 bits per heavy atom. The van der Waals surface area contributed by atoms with E-state index in [2.05, 4.69) is 5.32 Å². The molecular formula is C16H12F3NO3. The largest absolute Gasteiger partial charge is 0.454 e. The van der Waals surface area contributed by atoms with Crippen LogP contribution in [0, 0.1) is 0 Å². The number of ether oxygens (including phenoxy) is 2. The van der Waals surface area contributed by atoms with E-state index in [1.54, 1.807) is 18.2 Å². The molecule has 1 amide bonds. The maximum Gasteiger partial charge on any atom is 0.416 e. The molecule has 3 rings (SSSR count). The highest BCUT2D eigenvalue weighted by molar-refractivity contribution is 5.94. The van der Waals surface area contributed by atoms with E-state index in [4.69, 9.17) is 9.47 Å². The van der Waals surface area contributed by atoms with Gasteiger partial charge in [0, 0.05) is 12.1 Å². The third kappa shape index (κ3) is 3.39. The summed E-state index contributed by atoms with van der Waals surface area (Å²) in [5.41, 5.74) is 0.247. The molecule has 1 N–H and O–H groups in total. The van der Waals surface area contributed by atoms with Gasteiger partial charge in [0.15, 0.2) is 11.5 Å². The highest BCUT2D eigenvalue weighted by atomic mass is 19.4. The lowest BCUT2D eigenvalue weighted by molar-refractivity contribution is -0.137. The Hall–Kier alpha value is -2.70. The van der Waals surface area contributed by atoms with Gasteiger partial charge in [-0.05, 0) is 35.9 Å². The van der Waals surface area contributed by atoms with E-state index in [1.165, 1.54) is 12.1 Å². The lowest BCUT2D eigenvalue weighted by Gasteiger charge is -2.09.